The third kappa shape index (κ3) is 8.31. The van der Waals surface area contributed by atoms with E-state index in [-0.39, 0.29) is 36.0 Å². The first-order valence-electron chi connectivity index (χ1n) is 10.3. The van der Waals surface area contributed by atoms with E-state index in [2.05, 4.69) is 34.4 Å². The number of halogens is 1. The number of amides is 1. The second kappa shape index (κ2) is 10.8. The number of hydrogen-bond donors (Lipinski definition) is 2. The van der Waals surface area contributed by atoms with Crippen LogP contribution in [-0.2, 0) is 4.74 Å². The molecule has 28 heavy (non-hydrogen) atoms. The lowest BCUT2D eigenvalue weighted by atomic mass is 10.1. The van der Waals surface area contributed by atoms with Crippen LogP contribution in [0, 0.1) is 5.92 Å². The number of likely N-dealkylation sites (tertiary alicyclic amines) is 1. The van der Waals surface area contributed by atoms with Crippen LogP contribution in [0.3, 0.4) is 0 Å². The van der Waals surface area contributed by atoms with E-state index in [1.54, 1.807) is 11.9 Å². The highest BCUT2D eigenvalue weighted by Crippen LogP contribution is 2.33. The molecule has 2 rings (SSSR count). The number of nitrogens with zero attached hydrogens (tertiary/aromatic N) is 3. The van der Waals surface area contributed by atoms with Gasteiger partial charge in [-0.2, -0.15) is 0 Å². The monoisotopic (exact) mass is 509 g/mol. The number of hydrogen-bond acceptors (Lipinski definition) is 4. The Kier molecular flexibility index (Phi) is 9.79. The number of nitrogens with one attached hydrogen (secondary N) is 2. The van der Waals surface area contributed by atoms with Crippen molar-refractivity contribution in [3.05, 3.63) is 0 Å². The van der Waals surface area contributed by atoms with Gasteiger partial charge in [-0.25, -0.2) is 4.79 Å². The van der Waals surface area contributed by atoms with Gasteiger partial charge in [-0.05, 0) is 52.9 Å². The first-order valence-corrected chi connectivity index (χ1v) is 10.3. The van der Waals surface area contributed by atoms with Gasteiger partial charge in [0.05, 0.1) is 0 Å². The molecule has 0 bridgehead atoms. The van der Waals surface area contributed by atoms with Gasteiger partial charge in [-0.1, -0.05) is 6.92 Å². The lowest BCUT2D eigenvalue weighted by Gasteiger charge is -2.27. The van der Waals surface area contributed by atoms with Gasteiger partial charge < -0.3 is 20.3 Å². The molecule has 1 saturated heterocycles. The standard InChI is InChI=1S/C20H39N5O2.HI/c1-14(12-24(7)19(26)27-20(3,4)5)11-22-18(21-6)23-16-10-15(2)25(13-16)17-8-9-17;/h14-17H,8-13H2,1-7H3,(H2,21,22,23);1H. The third-order valence-electron chi connectivity index (χ3n) is 5.11. The van der Waals surface area contributed by atoms with Crippen molar-refractivity contribution in [1.29, 1.82) is 0 Å². The highest BCUT2D eigenvalue weighted by molar-refractivity contribution is 14.0. The van der Waals surface area contributed by atoms with Crippen LogP contribution in [0.2, 0.25) is 0 Å². The summed E-state index contributed by atoms with van der Waals surface area (Å²) in [5.74, 6) is 1.13. The highest BCUT2D eigenvalue weighted by Gasteiger charge is 2.38. The Balaban J connectivity index is 0.00000392. The topological polar surface area (TPSA) is 69.2 Å². The van der Waals surface area contributed by atoms with Crippen molar-refractivity contribution in [3.63, 3.8) is 0 Å². The van der Waals surface area contributed by atoms with Gasteiger partial charge in [0.2, 0.25) is 0 Å². The molecule has 1 aliphatic carbocycles. The fraction of sp³-hybridized carbons (Fsp3) is 0.900. The molecule has 0 aromatic carbocycles. The normalized spacial score (nSPS) is 24.3. The molecule has 1 amide bonds. The summed E-state index contributed by atoms with van der Waals surface area (Å²) in [6, 6.07) is 1.91. The van der Waals surface area contributed by atoms with E-state index in [1.807, 2.05) is 27.8 Å². The van der Waals surface area contributed by atoms with Crippen molar-refractivity contribution < 1.29 is 9.53 Å². The van der Waals surface area contributed by atoms with Crippen molar-refractivity contribution in [3.8, 4) is 0 Å². The molecule has 3 atom stereocenters. The molecule has 7 nitrogen and oxygen atoms in total. The maximum atomic E-state index is 12.1. The van der Waals surface area contributed by atoms with E-state index in [9.17, 15) is 4.79 Å². The van der Waals surface area contributed by atoms with Gasteiger partial charge in [0, 0.05) is 51.9 Å². The zero-order valence-corrected chi connectivity index (χ0v) is 20.9. The molecular formula is C20H40IN5O2. The van der Waals surface area contributed by atoms with E-state index in [0.717, 1.165) is 31.5 Å². The van der Waals surface area contributed by atoms with Crippen LogP contribution in [0.25, 0.3) is 0 Å². The quantitative estimate of drug-likeness (QED) is 0.328. The molecule has 164 valence electrons. The second-order valence-corrected chi connectivity index (χ2v) is 9.27. The lowest BCUT2D eigenvalue weighted by Crippen LogP contribution is -2.47. The van der Waals surface area contributed by atoms with Crippen LogP contribution >= 0.6 is 24.0 Å². The molecule has 1 saturated carbocycles. The molecule has 1 heterocycles. The average molecular weight is 509 g/mol. The fourth-order valence-corrected chi connectivity index (χ4v) is 3.68. The van der Waals surface area contributed by atoms with Crippen molar-refractivity contribution in [2.24, 2.45) is 10.9 Å². The van der Waals surface area contributed by atoms with Gasteiger partial charge in [0.15, 0.2) is 5.96 Å². The largest absolute Gasteiger partial charge is 0.444 e. The zero-order chi connectivity index (χ0) is 20.2. The second-order valence-electron chi connectivity index (χ2n) is 9.27. The molecule has 8 heteroatoms. The van der Waals surface area contributed by atoms with Crippen molar-refractivity contribution >= 4 is 36.0 Å². The summed E-state index contributed by atoms with van der Waals surface area (Å²) in [7, 11) is 3.59. The average Bonchev–Trinajstić information content (AvgIpc) is 3.33. The Hall–Kier alpha value is -0.770. The Morgan fingerprint density at radius 1 is 1.36 bits per heavy atom. The van der Waals surface area contributed by atoms with Gasteiger partial charge in [0.1, 0.15) is 5.60 Å². The summed E-state index contributed by atoms with van der Waals surface area (Å²) in [6.07, 6.45) is 3.59. The van der Waals surface area contributed by atoms with Gasteiger partial charge >= 0.3 is 6.09 Å². The number of aliphatic imine (C=N–C) groups is 1. The minimum atomic E-state index is -0.467. The Labute approximate surface area is 188 Å². The summed E-state index contributed by atoms with van der Waals surface area (Å²) < 4.78 is 5.41. The van der Waals surface area contributed by atoms with Crippen LogP contribution in [-0.4, -0.2) is 79.3 Å². The fourth-order valence-electron chi connectivity index (χ4n) is 3.68. The number of guanidine groups is 1. The summed E-state index contributed by atoms with van der Waals surface area (Å²) >= 11 is 0. The summed E-state index contributed by atoms with van der Waals surface area (Å²) in [5, 5.41) is 6.97. The number of carbonyl (C=O) groups is 1. The summed E-state index contributed by atoms with van der Waals surface area (Å²) in [5.41, 5.74) is -0.467. The molecule has 0 aromatic rings. The maximum absolute atomic E-state index is 12.1. The molecule has 1 aliphatic heterocycles. The first-order chi connectivity index (χ1) is 12.6. The molecule has 0 radical (unpaired) electrons. The van der Waals surface area contributed by atoms with Crippen molar-refractivity contribution in [1.82, 2.24) is 20.4 Å². The van der Waals surface area contributed by atoms with Gasteiger partial charge in [0.25, 0.3) is 0 Å². The maximum Gasteiger partial charge on any atom is 0.410 e. The summed E-state index contributed by atoms with van der Waals surface area (Å²) in [6.45, 7) is 12.6. The first kappa shape index (κ1) is 25.3. The SMILES string of the molecule is CN=C(NCC(C)CN(C)C(=O)OC(C)(C)C)NC1CC(C)N(C2CC2)C1.I. The molecule has 0 aromatic heterocycles. The van der Waals surface area contributed by atoms with E-state index in [4.69, 9.17) is 4.74 Å². The number of carbonyl (C=O) groups excluding carboxylic acids is 1. The predicted octanol–water partition coefficient (Wildman–Crippen LogP) is 2.90. The van der Waals surface area contributed by atoms with Crippen LogP contribution in [0.4, 0.5) is 4.79 Å². The Morgan fingerprint density at radius 3 is 2.54 bits per heavy atom. The minimum Gasteiger partial charge on any atom is -0.444 e. The van der Waals surface area contributed by atoms with Crippen molar-refractivity contribution in [2.45, 2.75) is 77.6 Å². The molecule has 3 unspecified atom stereocenters. The van der Waals surface area contributed by atoms with Gasteiger partial charge in [-0.3, -0.25) is 9.89 Å². The van der Waals surface area contributed by atoms with E-state index < -0.39 is 5.60 Å². The molecular weight excluding hydrogens is 469 g/mol. The molecule has 2 fully saturated rings. The van der Waals surface area contributed by atoms with Gasteiger partial charge in [-0.15, -0.1) is 24.0 Å². The van der Waals surface area contributed by atoms with Crippen LogP contribution in [0.5, 0.6) is 0 Å². The highest BCUT2D eigenvalue weighted by atomic mass is 127. The number of rotatable bonds is 6. The zero-order valence-electron chi connectivity index (χ0n) is 18.6. The van der Waals surface area contributed by atoms with Crippen LogP contribution in [0.15, 0.2) is 4.99 Å². The Bertz CT molecular complexity index is 533. The molecule has 2 N–H and O–H groups in total. The summed E-state index contributed by atoms with van der Waals surface area (Å²) in [4.78, 5) is 20.7. The predicted molar refractivity (Wildman–Crippen MR) is 126 cm³/mol. The molecule has 0 spiro atoms. The lowest BCUT2D eigenvalue weighted by molar-refractivity contribution is 0.0278. The number of ether oxygens (including phenoxy) is 1. The van der Waals surface area contributed by atoms with Crippen LogP contribution < -0.4 is 10.6 Å². The van der Waals surface area contributed by atoms with Crippen molar-refractivity contribution in [2.75, 3.05) is 33.7 Å². The van der Waals surface area contributed by atoms with Crippen LogP contribution in [0.1, 0.15) is 53.9 Å². The minimum absolute atomic E-state index is 0. The Morgan fingerprint density at radius 2 is 2.00 bits per heavy atom. The molecule has 2 aliphatic rings. The third-order valence-corrected chi connectivity index (χ3v) is 5.11. The van der Waals surface area contributed by atoms with E-state index in [1.165, 1.54) is 12.8 Å². The van der Waals surface area contributed by atoms with E-state index in [0.29, 0.717) is 18.6 Å². The smallest absolute Gasteiger partial charge is 0.410 e. The van der Waals surface area contributed by atoms with E-state index >= 15 is 0 Å².